The molecule has 126 valence electrons. The van der Waals surface area contributed by atoms with E-state index in [0.717, 1.165) is 34.5 Å². The van der Waals surface area contributed by atoms with E-state index in [-0.39, 0.29) is 5.56 Å². The van der Waals surface area contributed by atoms with Crippen LogP contribution in [0.5, 0.6) is 5.75 Å². The van der Waals surface area contributed by atoms with E-state index in [0.29, 0.717) is 18.7 Å². The standard InChI is InChI=1S/C18H21N3O3/c1-4-14-8-16(24-20-14)11-21(2)10-13-7-12-5-6-15(23-3)9-17(12)19-18(13)22/h5-9H,4,10-11H2,1-3H3,(H,19,22). The Balaban J connectivity index is 1.78. The fraction of sp³-hybridized carbons (Fsp3) is 0.333. The lowest BCUT2D eigenvalue weighted by Gasteiger charge is -2.14. The second-order valence-electron chi connectivity index (χ2n) is 5.89. The molecule has 0 saturated heterocycles. The van der Waals surface area contributed by atoms with E-state index in [4.69, 9.17) is 9.26 Å². The highest BCUT2D eigenvalue weighted by molar-refractivity contribution is 5.80. The van der Waals surface area contributed by atoms with Crippen molar-refractivity contribution in [3.63, 3.8) is 0 Å². The lowest BCUT2D eigenvalue weighted by atomic mass is 10.1. The van der Waals surface area contributed by atoms with Crippen LogP contribution >= 0.6 is 0 Å². The predicted molar refractivity (Wildman–Crippen MR) is 92.2 cm³/mol. The van der Waals surface area contributed by atoms with E-state index in [1.807, 2.05) is 49.2 Å². The number of aromatic amines is 1. The number of hydrogen-bond acceptors (Lipinski definition) is 5. The number of pyridine rings is 1. The number of H-pyrrole nitrogens is 1. The Morgan fingerprint density at radius 2 is 2.08 bits per heavy atom. The molecule has 0 bridgehead atoms. The summed E-state index contributed by atoms with van der Waals surface area (Å²) < 4.78 is 10.5. The lowest BCUT2D eigenvalue weighted by Crippen LogP contribution is -2.23. The van der Waals surface area contributed by atoms with Crippen LogP contribution in [0.2, 0.25) is 0 Å². The van der Waals surface area contributed by atoms with Crippen molar-refractivity contribution in [2.24, 2.45) is 0 Å². The van der Waals surface area contributed by atoms with Crippen molar-refractivity contribution in [1.82, 2.24) is 15.0 Å². The first-order valence-corrected chi connectivity index (χ1v) is 7.92. The number of ether oxygens (including phenoxy) is 1. The van der Waals surface area contributed by atoms with Crippen molar-refractivity contribution < 1.29 is 9.26 Å². The van der Waals surface area contributed by atoms with E-state index < -0.39 is 0 Å². The quantitative estimate of drug-likeness (QED) is 0.754. The Labute approximate surface area is 140 Å². The second-order valence-corrected chi connectivity index (χ2v) is 5.89. The number of hydrogen-bond donors (Lipinski definition) is 1. The highest BCUT2D eigenvalue weighted by Gasteiger charge is 2.10. The summed E-state index contributed by atoms with van der Waals surface area (Å²) in [5.74, 6) is 1.52. The Bertz CT molecular complexity index is 898. The van der Waals surface area contributed by atoms with Crippen LogP contribution in [-0.2, 0) is 19.5 Å². The molecule has 0 spiro atoms. The van der Waals surface area contributed by atoms with Gasteiger partial charge in [-0.1, -0.05) is 12.1 Å². The molecule has 0 aliphatic rings. The molecule has 0 aliphatic heterocycles. The number of methoxy groups -OCH3 is 1. The van der Waals surface area contributed by atoms with Gasteiger partial charge < -0.3 is 14.2 Å². The van der Waals surface area contributed by atoms with Gasteiger partial charge in [-0.05, 0) is 37.1 Å². The largest absolute Gasteiger partial charge is 0.497 e. The summed E-state index contributed by atoms with van der Waals surface area (Å²) in [5.41, 5.74) is 2.34. The Morgan fingerprint density at radius 1 is 1.25 bits per heavy atom. The smallest absolute Gasteiger partial charge is 0.252 e. The average molecular weight is 327 g/mol. The van der Waals surface area contributed by atoms with E-state index in [1.165, 1.54) is 0 Å². The maximum absolute atomic E-state index is 12.3. The van der Waals surface area contributed by atoms with Gasteiger partial charge in [0.15, 0.2) is 5.76 Å². The maximum Gasteiger partial charge on any atom is 0.252 e. The van der Waals surface area contributed by atoms with Gasteiger partial charge in [0.25, 0.3) is 5.56 Å². The van der Waals surface area contributed by atoms with Crippen molar-refractivity contribution in [1.29, 1.82) is 0 Å². The van der Waals surface area contributed by atoms with Crippen molar-refractivity contribution in [2.45, 2.75) is 26.4 Å². The molecule has 0 aliphatic carbocycles. The molecule has 0 fully saturated rings. The van der Waals surface area contributed by atoms with Gasteiger partial charge in [0.1, 0.15) is 5.75 Å². The van der Waals surface area contributed by atoms with Crippen LogP contribution in [0.4, 0.5) is 0 Å². The van der Waals surface area contributed by atoms with Gasteiger partial charge in [0.05, 0.1) is 24.9 Å². The van der Waals surface area contributed by atoms with Crippen LogP contribution in [0.1, 0.15) is 23.9 Å². The van der Waals surface area contributed by atoms with Crippen LogP contribution in [0, 0.1) is 0 Å². The third kappa shape index (κ3) is 3.49. The molecule has 2 heterocycles. The number of nitrogens with one attached hydrogen (secondary N) is 1. The van der Waals surface area contributed by atoms with Gasteiger partial charge in [-0.2, -0.15) is 0 Å². The lowest BCUT2D eigenvalue weighted by molar-refractivity contribution is 0.265. The molecule has 0 atom stereocenters. The molecular formula is C18H21N3O3. The number of nitrogens with zero attached hydrogens (tertiary/aromatic N) is 2. The molecular weight excluding hydrogens is 306 g/mol. The molecule has 0 unspecified atom stereocenters. The first-order chi connectivity index (χ1) is 11.6. The number of fused-ring (bicyclic) bond motifs is 1. The molecule has 3 rings (SSSR count). The molecule has 1 N–H and O–H groups in total. The third-order valence-corrected chi connectivity index (χ3v) is 3.97. The fourth-order valence-electron chi connectivity index (χ4n) is 2.68. The Kier molecular flexibility index (Phi) is 4.66. The summed E-state index contributed by atoms with van der Waals surface area (Å²) in [5, 5.41) is 4.97. The van der Waals surface area contributed by atoms with E-state index in [9.17, 15) is 4.79 Å². The van der Waals surface area contributed by atoms with Gasteiger partial charge in [-0.25, -0.2) is 0 Å². The van der Waals surface area contributed by atoms with Crippen LogP contribution in [-0.4, -0.2) is 29.2 Å². The topological polar surface area (TPSA) is 71.4 Å². The number of aryl methyl sites for hydroxylation is 1. The summed E-state index contributed by atoms with van der Waals surface area (Å²) in [6, 6.07) is 9.52. The van der Waals surface area contributed by atoms with Crippen molar-refractivity contribution >= 4 is 10.9 Å². The SMILES string of the molecule is CCc1cc(CN(C)Cc2cc3ccc(OC)cc3[nH]c2=O)on1. The van der Waals surface area contributed by atoms with Gasteiger partial charge in [0.2, 0.25) is 0 Å². The minimum Gasteiger partial charge on any atom is -0.497 e. The van der Waals surface area contributed by atoms with Crippen molar-refractivity contribution in [3.05, 3.63) is 57.7 Å². The number of rotatable bonds is 6. The molecule has 3 aromatic rings. The minimum atomic E-state index is -0.0885. The highest BCUT2D eigenvalue weighted by atomic mass is 16.5. The predicted octanol–water partition coefficient (Wildman–Crippen LogP) is 2.72. The van der Waals surface area contributed by atoms with Gasteiger partial charge in [0, 0.05) is 24.2 Å². The summed E-state index contributed by atoms with van der Waals surface area (Å²) in [4.78, 5) is 17.3. The van der Waals surface area contributed by atoms with Crippen molar-refractivity contribution in [2.75, 3.05) is 14.2 Å². The monoisotopic (exact) mass is 327 g/mol. The van der Waals surface area contributed by atoms with Gasteiger partial charge in [-0.15, -0.1) is 0 Å². The number of aromatic nitrogens is 2. The molecule has 24 heavy (non-hydrogen) atoms. The summed E-state index contributed by atoms with van der Waals surface area (Å²) >= 11 is 0. The summed E-state index contributed by atoms with van der Waals surface area (Å²) in [7, 11) is 3.56. The first-order valence-electron chi connectivity index (χ1n) is 7.92. The average Bonchev–Trinajstić information content (AvgIpc) is 3.02. The molecule has 2 aromatic heterocycles. The molecule has 1 aromatic carbocycles. The third-order valence-electron chi connectivity index (χ3n) is 3.97. The first kappa shape index (κ1) is 16.3. The van der Waals surface area contributed by atoms with Gasteiger partial charge in [-0.3, -0.25) is 9.69 Å². The molecule has 6 heteroatoms. The van der Waals surface area contributed by atoms with Crippen LogP contribution < -0.4 is 10.3 Å². The summed E-state index contributed by atoms with van der Waals surface area (Å²) in [6.45, 7) is 3.17. The highest BCUT2D eigenvalue weighted by Crippen LogP contribution is 2.19. The second kappa shape index (κ2) is 6.88. The molecule has 6 nitrogen and oxygen atoms in total. The normalized spacial score (nSPS) is 11.3. The van der Waals surface area contributed by atoms with Crippen LogP contribution in [0.15, 0.2) is 39.6 Å². The Morgan fingerprint density at radius 3 is 2.79 bits per heavy atom. The molecule has 0 amide bonds. The summed E-state index contributed by atoms with van der Waals surface area (Å²) in [6.07, 6.45) is 0.848. The maximum atomic E-state index is 12.3. The van der Waals surface area contributed by atoms with E-state index >= 15 is 0 Å². The molecule has 0 saturated carbocycles. The Hall–Kier alpha value is -2.60. The zero-order valence-electron chi connectivity index (χ0n) is 14.1. The van der Waals surface area contributed by atoms with Crippen LogP contribution in [0.25, 0.3) is 10.9 Å². The fourth-order valence-corrected chi connectivity index (χ4v) is 2.68. The zero-order chi connectivity index (χ0) is 17.1. The van der Waals surface area contributed by atoms with Crippen molar-refractivity contribution in [3.8, 4) is 5.75 Å². The minimum absolute atomic E-state index is 0.0885. The van der Waals surface area contributed by atoms with E-state index in [1.54, 1.807) is 7.11 Å². The zero-order valence-corrected chi connectivity index (χ0v) is 14.1. The number of benzene rings is 1. The van der Waals surface area contributed by atoms with Gasteiger partial charge >= 0.3 is 0 Å². The molecule has 0 radical (unpaired) electrons. The van der Waals surface area contributed by atoms with Crippen LogP contribution in [0.3, 0.4) is 0 Å². The van der Waals surface area contributed by atoms with E-state index in [2.05, 4.69) is 10.1 Å².